The molecule has 0 unspecified atom stereocenters. The van der Waals surface area contributed by atoms with Crippen LogP contribution < -0.4 is 31.9 Å². The van der Waals surface area contributed by atoms with Gasteiger partial charge >= 0.3 is 36.6 Å². The summed E-state index contributed by atoms with van der Waals surface area (Å²) in [4.78, 5) is 56.0. The fraction of sp³-hybridized carbons (Fsp3) is 0.296. The van der Waals surface area contributed by atoms with Crippen LogP contribution in [0.25, 0.3) is 66.5 Å². The number of anilines is 6. The number of hydrogen-bond acceptors (Lipinski definition) is 12. The summed E-state index contributed by atoms with van der Waals surface area (Å²) in [7, 11) is 3.87. The monoisotopic (exact) mass is 1530 g/mol. The van der Waals surface area contributed by atoms with Gasteiger partial charge in [-0.2, -0.15) is 54.8 Å². The minimum Gasteiger partial charge on any atom is -0.394 e. The molecular formula is C81H84F9N17O4. The van der Waals surface area contributed by atoms with Crippen molar-refractivity contribution in [1.82, 2.24) is 54.5 Å². The number of aromatic nitrogens is 9. The van der Waals surface area contributed by atoms with Gasteiger partial charge in [0.05, 0.1) is 48.4 Å². The number of H-pyrrole nitrogens is 1. The third-order valence-electron chi connectivity index (χ3n) is 18.2. The van der Waals surface area contributed by atoms with Gasteiger partial charge in [0.25, 0.3) is 0 Å². The lowest BCUT2D eigenvalue weighted by molar-refractivity contribution is -0.138. The van der Waals surface area contributed by atoms with E-state index in [1.165, 1.54) is 24.3 Å². The minimum atomic E-state index is -4.53. The molecule has 30 heteroatoms. The van der Waals surface area contributed by atoms with Crippen molar-refractivity contribution in [1.29, 1.82) is 0 Å². The molecular weight excluding hydrogens is 1450 g/mol. The Labute approximate surface area is 634 Å². The summed E-state index contributed by atoms with van der Waals surface area (Å²) >= 11 is 0. The van der Waals surface area contributed by atoms with Gasteiger partial charge in [-0.15, -0.1) is 0 Å². The fourth-order valence-electron chi connectivity index (χ4n) is 12.1. The fourth-order valence-corrected chi connectivity index (χ4v) is 12.1. The molecule has 6 amide bonds. The number of hydrogen-bond donors (Lipinski definition) is 8. The quantitative estimate of drug-likeness (QED) is 0.0502. The first-order valence-corrected chi connectivity index (χ1v) is 35.4. The van der Waals surface area contributed by atoms with Gasteiger partial charge in [0, 0.05) is 123 Å². The van der Waals surface area contributed by atoms with E-state index < -0.39 is 53.3 Å². The summed E-state index contributed by atoms with van der Waals surface area (Å²) < 4.78 is 122. The molecule has 0 radical (unpaired) electrons. The Morgan fingerprint density at radius 1 is 0.432 bits per heavy atom. The topological polar surface area (TPSA) is 253 Å². The zero-order valence-electron chi connectivity index (χ0n) is 62.7. The van der Waals surface area contributed by atoms with Gasteiger partial charge in [-0.1, -0.05) is 111 Å². The van der Waals surface area contributed by atoms with Crippen molar-refractivity contribution in [2.45, 2.75) is 110 Å². The molecule has 0 atom stereocenters. The lowest BCUT2D eigenvalue weighted by Gasteiger charge is -2.32. The van der Waals surface area contributed by atoms with E-state index in [0.29, 0.717) is 47.0 Å². The van der Waals surface area contributed by atoms with Crippen molar-refractivity contribution in [3.8, 4) is 33.4 Å². The number of nitrogens with zero attached hydrogens (tertiary/aromatic N) is 10. The van der Waals surface area contributed by atoms with E-state index in [1.807, 2.05) is 68.7 Å². The van der Waals surface area contributed by atoms with Crippen LogP contribution in [0.1, 0.15) is 102 Å². The van der Waals surface area contributed by atoms with Gasteiger partial charge in [-0.05, 0) is 155 Å². The average molecular weight is 1530 g/mol. The second-order valence-corrected chi connectivity index (χ2v) is 30.0. The summed E-state index contributed by atoms with van der Waals surface area (Å²) in [6, 6.07) is 38.4. The largest absolute Gasteiger partial charge is 0.416 e. The summed E-state index contributed by atoms with van der Waals surface area (Å²) in [6.45, 7) is 22.7. The number of aliphatic hydroxyl groups excluding tert-OH is 1. The number of pyridine rings is 3. The SMILES string of the molecule is CC(C)(C)c1cc(-c2ccc(NC(=O)Nc3cccc(C(F)(F)F)c3)cc2)c2cnn(CCO)c2n1.CN1CCN(Cc2cc(NC(=O)Nc3ccc(-c4cc(C(C)(C)C)nc5[nH]ncc45)cc3)cc(C(F)(F)F)c2)CC1.Cn1ncc2c(-c3ccc(NC(=O)Nc4cccc(C(F)(F)F)c4)cc3)cc(C(C)(C)C)nc21. The Balaban J connectivity index is 0.000000166. The number of aromatic amines is 1. The third-order valence-corrected chi connectivity index (χ3v) is 18.2. The van der Waals surface area contributed by atoms with Crippen LogP contribution in [-0.4, -0.2) is 118 Å². The zero-order chi connectivity index (χ0) is 80.1. The Kier molecular flexibility index (Phi) is 23.5. The predicted octanol–water partition coefficient (Wildman–Crippen LogP) is 19.0. The molecule has 0 spiro atoms. The second kappa shape index (κ2) is 32.4. The Hall–Kier alpha value is -11.8. The number of aliphatic hydroxyl groups is 1. The van der Waals surface area contributed by atoms with Crippen molar-refractivity contribution < 1.29 is 59.0 Å². The van der Waals surface area contributed by atoms with E-state index in [-0.39, 0.29) is 39.9 Å². The van der Waals surface area contributed by atoms with Crippen molar-refractivity contribution in [2.24, 2.45) is 7.05 Å². The highest BCUT2D eigenvalue weighted by Gasteiger charge is 2.34. The second-order valence-electron chi connectivity index (χ2n) is 30.0. The van der Waals surface area contributed by atoms with Gasteiger partial charge in [0.1, 0.15) is 0 Å². The summed E-state index contributed by atoms with van der Waals surface area (Å²) in [5, 5.41) is 43.2. The number of carbonyl (C=O) groups excluding carboxylic acids is 3. The molecule has 0 bridgehead atoms. The zero-order valence-corrected chi connectivity index (χ0v) is 62.7. The number of amides is 6. The highest BCUT2D eigenvalue weighted by atomic mass is 19.4. The molecule has 1 aliphatic rings. The molecule has 0 aliphatic carbocycles. The molecule has 13 rings (SSSR count). The first kappa shape index (κ1) is 80.3. The van der Waals surface area contributed by atoms with Crippen molar-refractivity contribution in [2.75, 3.05) is 71.7 Å². The molecule has 21 nitrogen and oxygen atoms in total. The summed E-state index contributed by atoms with van der Waals surface area (Å²) in [6.07, 6.45) is -8.28. The molecule has 0 saturated carbocycles. The van der Waals surface area contributed by atoms with E-state index in [0.717, 1.165) is 135 Å². The first-order valence-electron chi connectivity index (χ1n) is 35.4. The maximum atomic E-state index is 13.6. The molecule has 580 valence electrons. The average Bonchev–Trinajstić information content (AvgIpc) is 1.82. The van der Waals surface area contributed by atoms with Gasteiger partial charge in [-0.25, -0.2) is 34.0 Å². The normalized spacial score (nSPS) is 13.3. The number of alkyl halides is 9. The molecule has 6 aromatic heterocycles. The standard InChI is InChI=1S/C30H34F3N7O.C26H26F3N5O2.C25H24F3N5O/c1-29(2,3)26-16-24(25-17-34-38-27(25)37-26)20-5-7-22(8-6-20)35-28(41)36-23-14-19(13-21(15-23)30(31,32)33)18-40-11-9-39(4)10-12-40;1-25(2,3)22-14-20(21-15-30-34(11-12-35)23(21)33-22)16-7-9-18(10-8-16)31-24(36)32-19-6-4-5-17(13-19)26(27,28)29;1-24(2,3)21-13-19(20-14-29-33(4)22(20)32-21)15-8-10-17(11-9-15)30-23(34)31-18-7-5-6-16(12-18)25(26,27)28/h5-8,13-17H,9-12,18H2,1-4H3,(H,34,37,38)(H2,35,36,41);4-10,13-15,35H,11-12H2,1-3H3,(H2,31,32,36);5-14H,1-4H3,(H2,30,31,34). The van der Waals surface area contributed by atoms with Crippen molar-refractivity contribution in [3.05, 3.63) is 216 Å². The van der Waals surface area contributed by atoms with Gasteiger partial charge in [0.2, 0.25) is 0 Å². The number of carbonyl (C=O) groups is 3. The Morgan fingerprint density at radius 2 is 0.829 bits per heavy atom. The van der Waals surface area contributed by atoms with Crippen LogP contribution in [0.15, 0.2) is 176 Å². The molecule has 8 N–H and O–H groups in total. The number of halogens is 9. The van der Waals surface area contributed by atoms with E-state index in [1.54, 1.807) is 70.4 Å². The number of piperazine rings is 1. The molecule has 1 fully saturated rings. The van der Waals surface area contributed by atoms with Gasteiger partial charge in [-0.3, -0.25) is 14.7 Å². The number of fused-ring (bicyclic) bond motifs is 3. The molecule has 1 saturated heterocycles. The number of likely N-dealkylation sites (N-methyl/N-ethyl adjacent to an activating group) is 1. The maximum Gasteiger partial charge on any atom is 0.416 e. The Morgan fingerprint density at radius 3 is 1.27 bits per heavy atom. The van der Waals surface area contributed by atoms with Crippen LogP contribution in [0, 0.1) is 0 Å². The molecule has 1 aliphatic heterocycles. The van der Waals surface area contributed by atoms with Gasteiger partial charge < -0.3 is 41.9 Å². The van der Waals surface area contributed by atoms with Crippen LogP contribution in [0.3, 0.4) is 0 Å². The number of benzene rings is 6. The van der Waals surface area contributed by atoms with Crippen molar-refractivity contribution in [3.63, 3.8) is 0 Å². The van der Waals surface area contributed by atoms with Crippen LogP contribution in [0.2, 0.25) is 0 Å². The molecule has 7 heterocycles. The lowest BCUT2D eigenvalue weighted by atomic mass is 9.89. The number of nitrogens with one attached hydrogen (secondary N) is 7. The van der Waals surface area contributed by atoms with Crippen LogP contribution in [0.4, 0.5) is 88.0 Å². The number of rotatable bonds is 13. The third kappa shape index (κ3) is 20.4. The highest BCUT2D eigenvalue weighted by Crippen LogP contribution is 2.39. The minimum absolute atomic E-state index is 0.0349. The maximum absolute atomic E-state index is 13.6. The van der Waals surface area contributed by atoms with E-state index in [9.17, 15) is 59.0 Å². The first-order chi connectivity index (χ1) is 52.2. The smallest absolute Gasteiger partial charge is 0.394 e. The van der Waals surface area contributed by atoms with Gasteiger partial charge in [0.15, 0.2) is 16.9 Å². The van der Waals surface area contributed by atoms with Crippen molar-refractivity contribution >= 4 is 85.3 Å². The van der Waals surface area contributed by atoms with Crippen LogP contribution in [0.5, 0.6) is 0 Å². The lowest BCUT2D eigenvalue weighted by Crippen LogP contribution is -2.43. The van der Waals surface area contributed by atoms with Crippen LogP contribution >= 0.6 is 0 Å². The molecule has 111 heavy (non-hydrogen) atoms. The van der Waals surface area contributed by atoms with E-state index in [4.69, 9.17) is 15.0 Å². The molecule has 12 aromatic rings. The van der Waals surface area contributed by atoms with Crippen LogP contribution in [-0.2, 0) is 54.9 Å². The van der Waals surface area contributed by atoms with E-state index >= 15 is 0 Å². The molecule has 6 aromatic carbocycles. The predicted molar refractivity (Wildman–Crippen MR) is 414 cm³/mol. The van der Waals surface area contributed by atoms with E-state index in [2.05, 4.69) is 124 Å². The number of urea groups is 3. The Bertz CT molecular complexity index is 5320. The highest BCUT2D eigenvalue weighted by molar-refractivity contribution is 6.03. The summed E-state index contributed by atoms with van der Waals surface area (Å²) in [5.41, 5.74) is 9.58. The summed E-state index contributed by atoms with van der Waals surface area (Å²) in [5.74, 6) is 0. The number of aryl methyl sites for hydroxylation is 1.